The Balaban J connectivity index is 4.92. The van der Waals surface area contributed by atoms with Crippen LogP contribution in [0.4, 0.5) is 0 Å². The summed E-state index contributed by atoms with van der Waals surface area (Å²) in [4.78, 5) is 4.25. The van der Waals surface area contributed by atoms with Gasteiger partial charge in [-0.25, -0.2) is 4.99 Å². The van der Waals surface area contributed by atoms with Crippen LogP contribution in [0.25, 0.3) is 0 Å². The van der Waals surface area contributed by atoms with Crippen molar-refractivity contribution in [3.8, 4) is 0 Å². The molecule has 0 bridgehead atoms. The van der Waals surface area contributed by atoms with E-state index in [2.05, 4.69) is 25.4 Å². The first kappa shape index (κ1) is 11.0. The fourth-order valence-electron chi connectivity index (χ4n) is 0.967. The number of aliphatic imine (C=N–C) groups is 1. The predicted molar refractivity (Wildman–Crippen MR) is 55.0 cm³/mol. The maximum absolute atomic E-state index is 5.51. The van der Waals surface area contributed by atoms with E-state index < -0.39 is 0 Å². The molecule has 0 aromatic rings. The molecule has 0 aliphatic heterocycles. The molecule has 0 radical (unpaired) electrons. The second kappa shape index (κ2) is 4.75. The van der Waals surface area contributed by atoms with Gasteiger partial charge in [-0.2, -0.15) is 0 Å². The smallest absolute Gasteiger partial charge is 0.0961 e. The molecule has 0 rings (SSSR count). The highest BCUT2D eigenvalue weighted by atomic mass is 14.9. The second-order valence-electron chi connectivity index (χ2n) is 3.18. The first-order chi connectivity index (χ1) is 5.49. The highest BCUT2D eigenvalue weighted by molar-refractivity contribution is 5.78. The molecule has 2 heteroatoms. The Morgan fingerprint density at radius 3 is 2.17 bits per heavy atom. The predicted octanol–water partition coefficient (Wildman–Crippen LogP) is 2.48. The van der Waals surface area contributed by atoms with E-state index in [4.69, 9.17) is 5.73 Å². The Bertz CT molecular complexity index is 218. The Morgan fingerprint density at radius 2 is 1.92 bits per heavy atom. The van der Waals surface area contributed by atoms with Gasteiger partial charge in [0.1, 0.15) is 0 Å². The molecule has 0 heterocycles. The van der Waals surface area contributed by atoms with Crippen LogP contribution in [0.1, 0.15) is 27.7 Å². The molecule has 0 saturated heterocycles. The number of nitrogens with two attached hydrogens (primary N) is 1. The summed E-state index contributed by atoms with van der Waals surface area (Å²) in [6, 6.07) is 0. The molecule has 12 heavy (non-hydrogen) atoms. The highest BCUT2D eigenvalue weighted by Crippen LogP contribution is 2.16. The van der Waals surface area contributed by atoms with Crippen molar-refractivity contribution in [1.82, 2.24) is 0 Å². The summed E-state index contributed by atoms with van der Waals surface area (Å²) in [7, 11) is 0. The van der Waals surface area contributed by atoms with Crippen molar-refractivity contribution in [1.29, 1.82) is 0 Å². The summed E-state index contributed by atoms with van der Waals surface area (Å²) >= 11 is 0. The van der Waals surface area contributed by atoms with Gasteiger partial charge in [0.05, 0.1) is 5.84 Å². The number of rotatable bonds is 3. The van der Waals surface area contributed by atoms with Gasteiger partial charge >= 0.3 is 0 Å². The molecule has 0 aromatic heterocycles. The summed E-state index contributed by atoms with van der Waals surface area (Å²) in [6.45, 7) is 11.7. The second-order valence-corrected chi connectivity index (χ2v) is 3.18. The van der Waals surface area contributed by atoms with Crippen LogP contribution in [0.2, 0.25) is 0 Å². The third kappa shape index (κ3) is 3.37. The van der Waals surface area contributed by atoms with E-state index in [1.54, 1.807) is 6.92 Å². The fourth-order valence-corrected chi connectivity index (χ4v) is 0.967. The van der Waals surface area contributed by atoms with Gasteiger partial charge in [0.2, 0.25) is 0 Å². The highest BCUT2D eigenvalue weighted by Gasteiger charge is 2.03. The summed E-state index contributed by atoms with van der Waals surface area (Å²) < 4.78 is 0. The van der Waals surface area contributed by atoms with Crippen LogP contribution in [-0.2, 0) is 0 Å². The molecule has 0 aromatic carbocycles. The molecule has 0 aliphatic carbocycles. The topological polar surface area (TPSA) is 38.4 Å². The molecule has 0 aliphatic rings. The van der Waals surface area contributed by atoms with E-state index in [1.807, 2.05) is 13.0 Å². The zero-order chi connectivity index (χ0) is 9.72. The lowest BCUT2D eigenvalue weighted by Crippen LogP contribution is -2.07. The lowest BCUT2D eigenvalue weighted by Gasteiger charge is -2.08. The van der Waals surface area contributed by atoms with Gasteiger partial charge < -0.3 is 5.73 Å². The molecule has 2 N–H and O–H groups in total. The van der Waals surface area contributed by atoms with Crippen LogP contribution in [-0.4, -0.2) is 5.84 Å². The molecule has 0 saturated carbocycles. The van der Waals surface area contributed by atoms with Crippen LogP contribution >= 0.6 is 0 Å². The molecular weight excluding hydrogens is 148 g/mol. The number of amidine groups is 1. The minimum atomic E-state index is 0.390. The fraction of sp³-hybridized carbons (Fsp3) is 0.500. The Kier molecular flexibility index (Phi) is 4.34. The first-order valence-electron chi connectivity index (χ1n) is 4.13. The lowest BCUT2D eigenvalue weighted by atomic mass is 10.1. The molecule has 0 fully saturated rings. The average Bonchev–Trinajstić information content (AvgIpc) is 1.98. The van der Waals surface area contributed by atoms with Crippen molar-refractivity contribution >= 4 is 5.84 Å². The third-order valence-electron chi connectivity index (χ3n) is 1.55. The maximum Gasteiger partial charge on any atom is 0.0961 e. The standard InChI is InChI=1S/C10H18N2/c1-6-8(4)10(7(2)3)12-9(5)11/h6-7H,1H2,2-5H3,(H2,11,12)/b10-8-. The summed E-state index contributed by atoms with van der Waals surface area (Å²) in [6.07, 6.45) is 1.81. The van der Waals surface area contributed by atoms with E-state index in [0.29, 0.717) is 11.8 Å². The van der Waals surface area contributed by atoms with Gasteiger partial charge in [-0.15, -0.1) is 0 Å². The molecule has 0 spiro atoms. The number of allylic oxidation sites excluding steroid dienone is 3. The lowest BCUT2D eigenvalue weighted by molar-refractivity contribution is 0.748. The van der Waals surface area contributed by atoms with E-state index in [0.717, 1.165) is 11.3 Å². The summed E-state index contributed by atoms with van der Waals surface area (Å²) in [5.41, 5.74) is 7.62. The van der Waals surface area contributed by atoms with Gasteiger partial charge in [0, 0.05) is 5.70 Å². The molecule has 2 nitrogen and oxygen atoms in total. The molecule has 68 valence electrons. The summed E-state index contributed by atoms with van der Waals surface area (Å²) in [5.74, 6) is 0.987. The van der Waals surface area contributed by atoms with E-state index in [-0.39, 0.29) is 0 Å². The first-order valence-corrected chi connectivity index (χ1v) is 4.13. The Morgan fingerprint density at radius 1 is 1.42 bits per heavy atom. The Hall–Kier alpha value is -1.05. The van der Waals surface area contributed by atoms with Gasteiger partial charge in [-0.05, 0) is 25.3 Å². The van der Waals surface area contributed by atoms with Crippen molar-refractivity contribution < 1.29 is 0 Å². The average molecular weight is 166 g/mol. The minimum absolute atomic E-state index is 0.390. The zero-order valence-corrected chi connectivity index (χ0v) is 8.39. The quantitative estimate of drug-likeness (QED) is 0.390. The summed E-state index contributed by atoms with van der Waals surface area (Å²) in [5, 5.41) is 0. The minimum Gasteiger partial charge on any atom is -0.387 e. The normalized spacial score (nSPS) is 14.6. The van der Waals surface area contributed by atoms with Crippen molar-refractivity contribution in [2.45, 2.75) is 27.7 Å². The maximum atomic E-state index is 5.51. The van der Waals surface area contributed by atoms with Gasteiger partial charge in [0.15, 0.2) is 0 Å². The molecule has 0 atom stereocenters. The van der Waals surface area contributed by atoms with Crippen molar-refractivity contribution in [2.75, 3.05) is 0 Å². The van der Waals surface area contributed by atoms with Crippen LogP contribution in [0, 0.1) is 5.92 Å². The molecule has 0 unspecified atom stereocenters. The molecule has 0 amide bonds. The van der Waals surface area contributed by atoms with Crippen molar-refractivity contribution in [3.05, 3.63) is 23.9 Å². The SMILES string of the molecule is C=C/C(C)=C(\N=C(C)N)C(C)C. The van der Waals surface area contributed by atoms with Crippen LogP contribution in [0.15, 0.2) is 28.9 Å². The number of nitrogens with zero attached hydrogens (tertiary/aromatic N) is 1. The van der Waals surface area contributed by atoms with Crippen molar-refractivity contribution in [3.63, 3.8) is 0 Å². The monoisotopic (exact) mass is 166 g/mol. The molecular formula is C10H18N2. The van der Waals surface area contributed by atoms with E-state index >= 15 is 0 Å². The van der Waals surface area contributed by atoms with Crippen LogP contribution in [0.3, 0.4) is 0 Å². The van der Waals surface area contributed by atoms with Crippen LogP contribution < -0.4 is 5.73 Å². The van der Waals surface area contributed by atoms with Crippen molar-refractivity contribution in [2.24, 2.45) is 16.6 Å². The van der Waals surface area contributed by atoms with Gasteiger partial charge in [-0.3, -0.25) is 0 Å². The number of hydrogen-bond acceptors (Lipinski definition) is 1. The van der Waals surface area contributed by atoms with Crippen LogP contribution in [0.5, 0.6) is 0 Å². The van der Waals surface area contributed by atoms with Gasteiger partial charge in [0.25, 0.3) is 0 Å². The zero-order valence-electron chi connectivity index (χ0n) is 8.39. The Labute approximate surface area is 74.9 Å². The van der Waals surface area contributed by atoms with E-state index in [1.165, 1.54) is 0 Å². The third-order valence-corrected chi connectivity index (χ3v) is 1.55. The largest absolute Gasteiger partial charge is 0.387 e. The van der Waals surface area contributed by atoms with E-state index in [9.17, 15) is 0 Å². The number of hydrogen-bond donors (Lipinski definition) is 1. The van der Waals surface area contributed by atoms with Gasteiger partial charge in [-0.1, -0.05) is 26.5 Å².